The highest BCUT2D eigenvalue weighted by Gasteiger charge is 2.23. The minimum Gasteiger partial charge on any atom is -0.478 e. The van der Waals surface area contributed by atoms with Gasteiger partial charge < -0.3 is 15.2 Å². The van der Waals surface area contributed by atoms with Crippen LogP contribution in [0.5, 0.6) is 11.5 Å². The van der Waals surface area contributed by atoms with Crippen LogP contribution in [-0.2, 0) is 22.5 Å². The van der Waals surface area contributed by atoms with E-state index >= 15 is 0 Å². The molecule has 0 amide bonds. The number of rotatable bonds is 10. The zero-order valence-corrected chi connectivity index (χ0v) is 23.4. The molecule has 4 N–H and O–H groups in total. The number of aromatic carboxylic acids is 1. The standard InChI is InChI=1S/C28H27N3O7S2/c1-18-4-8-20(9-5-18)30(39(34)35)26-14-12-22(16-24(26)28(32)33)38-23-13-15-27(25(17-23)29-3)31(40(36)37)21-10-6-19(2)7-11-21/h4-17,29H,1-3H3,(H,32,33)(H,34,35)(H,36,37). The molecule has 4 rings (SSSR count). The van der Waals surface area contributed by atoms with Crippen molar-refractivity contribution in [2.75, 3.05) is 21.0 Å². The molecule has 0 radical (unpaired) electrons. The number of carboxylic acids is 1. The van der Waals surface area contributed by atoms with E-state index in [4.69, 9.17) is 4.74 Å². The molecule has 0 aromatic heterocycles. The number of aryl methyl sites for hydroxylation is 2. The van der Waals surface area contributed by atoms with Crippen molar-refractivity contribution in [2.24, 2.45) is 0 Å². The van der Waals surface area contributed by atoms with Crippen molar-refractivity contribution in [2.45, 2.75) is 13.8 Å². The van der Waals surface area contributed by atoms with Crippen LogP contribution in [0.4, 0.5) is 28.4 Å². The summed E-state index contributed by atoms with van der Waals surface area (Å²) in [6, 6.07) is 22.9. The van der Waals surface area contributed by atoms with Crippen LogP contribution < -0.4 is 18.7 Å². The molecule has 10 nitrogen and oxygen atoms in total. The average molecular weight is 582 g/mol. The summed E-state index contributed by atoms with van der Waals surface area (Å²) in [5.74, 6) is -0.816. The van der Waals surface area contributed by atoms with Crippen molar-refractivity contribution in [1.29, 1.82) is 0 Å². The number of carbonyl (C=O) groups is 1. The monoisotopic (exact) mass is 581 g/mol. The van der Waals surface area contributed by atoms with Gasteiger partial charge in [-0.2, -0.15) is 0 Å². The lowest BCUT2D eigenvalue weighted by Crippen LogP contribution is -2.21. The Morgan fingerprint density at radius 1 is 0.725 bits per heavy atom. The summed E-state index contributed by atoms with van der Waals surface area (Å²) in [5.41, 5.74) is 3.46. The van der Waals surface area contributed by atoms with Crippen LogP contribution in [0.1, 0.15) is 21.5 Å². The number of hydrogen-bond donors (Lipinski definition) is 4. The summed E-state index contributed by atoms with van der Waals surface area (Å²) in [4.78, 5) is 12.1. The number of carboxylic acid groups (broad SMARTS) is 1. The van der Waals surface area contributed by atoms with E-state index in [0.29, 0.717) is 28.5 Å². The number of ether oxygens (including phenoxy) is 1. The predicted molar refractivity (Wildman–Crippen MR) is 158 cm³/mol. The largest absolute Gasteiger partial charge is 0.478 e. The number of benzene rings is 4. The van der Waals surface area contributed by atoms with Gasteiger partial charge in [-0.3, -0.25) is 9.11 Å². The van der Waals surface area contributed by atoms with Gasteiger partial charge in [0.1, 0.15) is 11.5 Å². The Kier molecular flexibility index (Phi) is 8.85. The third kappa shape index (κ3) is 6.32. The molecule has 0 saturated heterocycles. The van der Waals surface area contributed by atoms with Crippen LogP contribution in [0.3, 0.4) is 0 Å². The fourth-order valence-electron chi connectivity index (χ4n) is 4.01. The molecule has 2 unspecified atom stereocenters. The predicted octanol–water partition coefficient (Wildman–Crippen LogP) is 6.39. The van der Waals surface area contributed by atoms with Gasteiger partial charge in [0.15, 0.2) is 0 Å². The van der Waals surface area contributed by atoms with Crippen LogP contribution >= 0.6 is 0 Å². The molecule has 0 spiro atoms. The Labute approximate surface area is 236 Å². The maximum absolute atomic E-state index is 12.3. The molecule has 0 aliphatic heterocycles. The van der Waals surface area contributed by atoms with Crippen molar-refractivity contribution >= 4 is 56.9 Å². The molecule has 12 heteroatoms. The van der Waals surface area contributed by atoms with Crippen molar-refractivity contribution in [3.05, 3.63) is 102 Å². The molecular formula is C28H27N3O7S2. The highest BCUT2D eigenvalue weighted by Crippen LogP contribution is 2.38. The van der Waals surface area contributed by atoms with E-state index < -0.39 is 28.5 Å². The zero-order valence-electron chi connectivity index (χ0n) is 21.8. The molecule has 0 bridgehead atoms. The lowest BCUT2D eigenvalue weighted by Gasteiger charge is -2.24. The third-order valence-corrected chi connectivity index (χ3v) is 7.40. The maximum atomic E-state index is 12.3. The van der Waals surface area contributed by atoms with E-state index in [2.05, 4.69) is 5.32 Å². The summed E-state index contributed by atoms with van der Waals surface area (Å²) in [7, 11) is 1.65. The Balaban J connectivity index is 1.68. The van der Waals surface area contributed by atoms with E-state index in [9.17, 15) is 27.4 Å². The van der Waals surface area contributed by atoms with Crippen molar-refractivity contribution in [3.63, 3.8) is 0 Å². The van der Waals surface area contributed by atoms with Gasteiger partial charge in [-0.15, -0.1) is 0 Å². The molecular weight excluding hydrogens is 554 g/mol. The second kappa shape index (κ2) is 12.3. The van der Waals surface area contributed by atoms with Gasteiger partial charge in [0, 0.05) is 13.1 Å². The zero-order chi connectivity index (χ0) is 29.0. The molecule has 0 heterocycles. The highest BCUT2D eigenvalue weighted by molar-refractivity contribution is 7.81. The number of nitrogens with zero attached hydrogens (tertiary/aromatic N) is 2. The van der Waals surface area contributed by atoms with Crippen molar-refractivity contribution in [1.82, 2.24) is 0 Å². The molecule has 4 aromatic carbocycles. The lowest BCUT2D eigenvalue weighted by atomic mass is 10.1. The van der Waals surface area contributed by atoms with Gasteiger partial charge in [0.05, 0.1) is 34.0 Å². The first-order chi connectivity index (χ1) is 19.1. The molecule has 208 valence electrons. The van der Waals surface area contributed by atoms with Gasteiger partial charge in [-0.1, -0.05) is 35.4 Å². The molecule has 4 aromatic rings. The average Bonchev–Trinajstić information content (AvgIpc) is 2.92. The van der Waals surface area contributed by atoms with E-state index in [0.717, 1.165) is 15.4 Å². The Morgan fingerprint density at radius 3 is 1.62 bits per heavy atom. The first kappa shape index (κ1) is 28.8. The molecule has 0 aliphatic carbocycles. The van der Waals surface area contributed by atoms with Crippen LogP contribution in [0.25, 0.3) is 0 Å². The summed E-state index contributed by atoms with van der Waals surface area (Å²) in [6.07, 6.45) is 0. The van der Waals surface area contributed by atoms with E-state index in [-0.39, 0.29) is 17.0 Å². The Bertz CT molecular complexity index is 1580. The van der Waals surface area contributed by atoms with E-state index in [1.54, 1.807) is 61.6 Å². The fraction of sp³-hybridized carbons (Fsp3) is 0.107. The first-order valence-corrected chi connectivity index (χ1v) is 14.0. The second-order valence-electron chi connectivity index (χ2n) is 8.74. The molecule has 40 heavy (non-hydrogen) atoms. The molecule has 0 fully saturated rings. The van der Waals surface area contributed by atoms with E-state index in [1.165, 1.54) is 22.5 Å². The normalized spacial score (nSPS) is 12.3. The second-order valence-corrected chi connectivity index (χ2v) is 10.4. The molecule has 0 saturated carbocycles. The van der Waals surface area contributed by atoms with E-state index in [1.807, 2.05) is 26.0 Å². The summed E-state index contributed by atoms with van der Waals surface area (Å²) >= 11 is -4.91. The van der Waals surface area contributed by atoms with Gasteiger partial charge in [-0.25, -0.2) is 21.8 Å². The quantitative estimate of drug-likeness (QED) is 0.158. The van der Waals surface area contributed by atoms with Gasteiger partial charge in [0.2, 0.25) is 0 Å². The van der Waals surface area contributed by atoms with Crippen molar-refractivity contribution in [3.8, 4) is 11.5 Å². The highest BCUT2D eigenvalue weighted by atomic mass is 32.2. The minimum atomic E-state index is -2.55. The number of hydrogen-bond acceptors (Lipinski definition) is 5. The van der Waals surface area contributed by atoms with Crippen molar-refractivity contribution < 1.29 is 32.2 Å². The summed E-state index contributed by atoms with van der Waals surface area (Å²) in [6.45, 7) is 3.79. The fourth-order valence-corrected chi connectivity index (χ4v) is 5.27. The van der Waals surface area contributed by atoms with Crippen LogP contribution in [0, 0.1) is 13.8 Å². The van der Waals surface area contributed by atoms with Gasteiger partial charge in [-0.05, 0) is 68.4 Å². The van der Waals surface area contributed by atoms with Crippen LogP contribution in [-0.4, -0.2) is 35.6 Å². The van der Waals surface area contributed by atoms with Crippen LogP contribution in [0.2, 0.25) is 0 Å². The molecule has 0 aliphatic rings. The lowest BCUT2D eigenvalue weighted by molar-refractivity contribution is 0.0697. The smallest absolute Gasteiger partial charge is 0.337 e. The summed E-state index contributed by atoms with van der Waals surface area (Å²) in [5, 5.41) is 12.9. The van der Waals surface area contributed by atoms with Gasteiger partial charge in [0.25, 0.3) is 22.5 Å². The number of nitrogens with one attached hydrogen (secondary N) is 1. The third-order valence-electron chi connectivity index (χ3n) is 5.96. The SMILES string of the molecule is CNc1cc(Oc2ccc(N(c3ccc(C)cc3)S(=O)O)c(C(=O)O)c2)ccc1N(c1ccc(C)cc1)S(=O)O. The maximum Gasteiger partial charge on any atom is 0.337 e. The Morgan fingerprint density at radius 2 is 1.18 bits per heavy atom. The topological polar surface area (TPSA) is 140 Å². The molecule has 2 atom stereocenters. The number of anilines is 5. The first-order valence-electron chi connectivity index (χ1n) is 11.9. The summed E-state index contributed by atoms with van der Waals surface area (Å²) < 4.78 is 52.7. The van der Waals surface area contributed by atoms with Gasteiger partial charge >= 0.3 is 5.97 Å². The minimum absolute atomic E-state index is 0.00922. The van der Waals surface area contributed by atoms with Crippen LogP contribution in [0.15, 0.2) is 84.9 Å². The Hall–Kier alpha value is -4.23.